The summed E-state index contributed by atoms with van der Waals surface area (Å²) < 4.78 is 65.8. The fourth-order valence-corrected chi connectivity index (χ4v) is 13.1. The van der Waals surface area contributed by atoms with E-state index < -0.39 is 9.84 Å². The number of rotatable bonds is 24. The van der Waals surface area contributed by atoms with Crippen molar-refractivity contribution in [2.75, 3.05) is 159 Å². The van der Waals surface area contributed by atoms with Gasteiger partial charge in [0.2, 0.25) is 5.03 Å². The van der Waals surface area contributed by atoms with Crippen LogP contribution in [0.25, 0.3) is 44.1 Å². The van der Waals surface area contributed by atoms with Gasteiger partial charge in [-0.2, -0.15) is 10.2 Å². The number of fused-ring (bicyclic) bond motifs is 8. The van der Waals surface area contributed by atoms with E-state index >= 15 is 0 Å². The molecular weight excluding hydrogens is 1610 g/mol. The maximum absolute atomic E-state index is 11.3. The first-order chi connectivity index (χ1) is 59.0. The zero-order chi connectivity index (χ0) is 88.4. The molecule has 17 aromatic heterocycles. The number of aryl methyl sites for hydroxylation is 3. The van der Waals surface area contributed by atoms with Gasteiger partial charge in [0.15, 0.2) is 15.7 Å². The summed E-state index contributed by atoms with van der Waals surface area (Å²) in [6, 6.07) is 43.9. The molecule has 0 fully saturated rings. The molecule has 0 unspecified atom stereocenters. The molecule has 0 amide bonds. The van der Waals surface area contributed by atoms with Gasteiger partial charge >= 0.3 is 0 Å². The number of thioether (sulfide) groups is 1. The van der Waals surface area contributed by atoms with Crippen molar-refractivity contribution in [2.45, 2.75) is 70.2 Å². The van der Waals surface area contributed by atoms with E-state index in [1.54, 1.807) is 75.8 Å². The summed E-state index contributed by atoms with van der Waals surface area (Å²) in [4.78, 5) is 10.3. The zero-order valence-electron chi connectivity index (χ0n) is 71.6. The van der Waals surface area contributed by atoms with Gasteiger partial charge in [-0.15, -0.1) is 42.4 Å². The molecule has 37 nitrogen and oxygen atoms in total. The number of nitrogens with one attached hydrogen (secondary N) is 1. The molecule has 0 saturated carbocycles. The highest BCUT2D eigenvalue weighted by Gasteiger charge is 2.20. The molecule has 652 valence electrons. The second-order valence-electron chi connectivity index (χ2n) is 28.9. The Hall–Kier alpha value is -13.9. The maximum atomic E-state index is 11.3. The molecule has 17 aromatic rings. The smallest absolute Gasteiger partial charge is 0.257 e. The first kappa shape index (κ1) is 91.4. The molecule has 0 atom stereocenters. The molecule has 17 heterocycles. The number of aromatic nitrogens is 18. The van der Waals surface area contributed by atoms with E-state index in [4.69, 9.17) is 69.6 Å². The number of hydrogen-bond donors (Lipinski definition) is 9. The van der Waals surface area contributed by atoms with Crippen molar-refractivity contribution in [3.05, 3.63) is 213 Å². The predicted octanol–water partition coefficient (Wildman–Crippen LogP) is 10.2. The third-order valence-corrected chi connectivity index (χ3v) is 20.0. The van der Waals surface area contributed by atoms with Crippen LogP contribution >= 0.6 is 11.8 Å². The number of anilines is 9. The molecule has 0 aromatic carbocycles. The van der Waals surface area contributed by atoms with Crippen LogP contribution in [0, 0.1) is 13.8 Å². The van der Waals surface area contributed by atoms with Gasteiger partial charge in [-0.1, -0.05) is 48.5 Å². The Morgan fingerprint density at radius 3 is 1.20 bits per heavy atom. The van der Waals surface area contributed by atoms with Crippen molar-refractivity contribution in [1.82, 2.24) is 101 Å². The topological polar surface area (TPSA) is 466 Å². The van der Waals surface area contributed by atoms with Gasteiger partial charge in [0.1, 0.15) is 45.8 Å². The van der Waals surface area contributed by atoms with Crippen LogP contribution in [-0.4, -0.2) is 223 Å². The molecule has 17 N–H and O–H groups in total. The Bertz CT molecular complexity index is 6320. The third kappa shape index (κ3) is 24.2. The highest BCUT2D eigenvalue weighted by atomic mass is 32.2. The van der Waals surface area contributed by atoms with Crippen molar-refractivity contribution in [3.8, 4) is 29.4 Å². The van der Waals surface area contributed by atoms with E-state index in [1.807, 2.05) is 242 Å². The highest BCUT2D eigenvalue weighted by molar-refractivity contribution is 7.98. The van der Waals surface area contributed by atoms with Crippen LogP contribution in [0.2, 0.25) is 0 Å². The van der Waals surface area contributed by atoms with Crippen LogP contribution in [0.15, 0.2) is 212 Å². The first-order valence-electron chi connectivity index (χ1n) is 39.4. The summed E-state index contributed by atoms with van der Waals surface area (Å²) in [5.41, 5.74) is 61.1. The average Bonchev–Trinajstić information content (AvgIpc) is 1.64. The average molecular weight is 1720 g/mol. The molecule has 39 heteroatoms. The molecular formula is C84H112N30O7S2. The predicted molar refractivity (Wildman–Crippen MR) is 490 cm³/mol. The van der Waals surface area contributed by atoms with Gasteiger partial charge in [-0.05, 0) is 193 Å². The Balaban J connectivity index is 0.000000148. The molecule has 0 aliphatic rings. The van der Waals surface area contributed by atoms with Gasteiger partial charge in [0.25, 0.3) is 29.4 Å². The summed E-state index contributed by atoms with van der Waals surface area (Å²) in [6.07, 6.45) is 23.3. The molecule has 0 saturated heterocycles. The lowest BCUT2D eigenvalue weighted by molar-refractivity contribution is 0.233. The minimum atomic E-state index is -3.35. The fourth-order valence-electron chi connectivity index (χ4n) is 11.9. The molecule has 17 rings (SSSR count). The first-order valence-corrected chi connectivity index (χ1v) is 42.6. The van der Waals surface area contributed by atoms with Crippen molar-refractivity contribution < 1.29 is 32.1 Å². The number of likely N-dealkylation sites (N-methyl/N-ethyl adjacent to an activating group) is 2. The zero-order valence-corrected chi connectivity index (χ0v) is 73.2. The molecule has 0 aliphatic heterocycles. The summed E-state index contributed by atoms with van der Waals surface area (Å²) in [5, 5.41) is 38.0. The monoisotopic (exact) mass is 1720 g/mol. The van der Waals surface area contributed by atoms with E-state index in [1.165, 1.54) is 10.1 Å². The number of nitrogens with two attached hydrogens (primary N) is 8. The van der Waals surface area contributed by atoms with Gasteiger partial charge in [-0.3, -0.25) is 0 Å². The Morgan fingerprint density at radius 2 is 0.821 bits per heavy atom. The lowest BCUT2D eigenvalue weighted by atomic mass is 10.2. The number of hydrogen-bond acceptors (Lipinski definition) is 29. The van der Waals surface area contributed by atoms with Crippen molar-refractivity contribution >= 4 is 117 Å². The van der Waals surface area contributed by atoms with E-state index in [0.29, 0.717) is 89.8 Å². The van der Waals surface area contributed by atoms with Crippen molar-refractivity contribution in [3.63, 3.8) is 0 Å². The number of nitrogens with zero attached hydrogens (tertiary/aromatic N) is 21. The van der Waals surface area contributed by atoms with E-state index in [-0.39, 0.29) is 16.8 Å². The van der Waals surface area contributed by atoms with Crippen LogP contribution < -0.4 is 74.9 Å². The summed E-state index contributed by atoms with van der Waals surface area (Å²) in [5.74, 6) is 3.31. The van der Waals surface area contributed by atoms with E-state index in [0.717, 1.165) is 118 Å². The second kappa shape index (κ2) is 43.4. The van der Waals surface area contributed by atoms with E-state index in [9.17, 15) is 8.42 Å². The SMILES string of the molecule is CC(C)Oc1nn2ccccc2c1N.CCOc1nn2ccccc2c1N.CN(C)CCCOc1nn2ccccc2c1N.CN(C)CCOc1nn2ccccc2c1N.CS(=O)(=O)c1nn2ccccc2c1N.CSc1nn2ccccc2c1N.Cc1ccc2c(N)c(NCCN(C)C)nn2c1C.Nc1c(OCCCn2ccnc2)nn2ccccc12. The minimum absolute atomic E-state index is 0.0660. The van der Waals surface area contributed by atoms with Crippen molar-refractivity contribution in [1.29, 1.82) is 0 Å². The molecule has 0 bridgehead atoms. The Labute approximate surface area is 717 Å². The van der Waals surface area contributed by atoms with Gasteiger partial charge < -0.3 is 94.1 Å². The lowest BCUT2D eigenvalue weighted by Gasteiger charge is -2.09. The van der Waals surface area contributed by atoms with Crippen LogP contribution in [0.4, 0.5) is 51.3 Å². The van der Waals surface area contributed by atoms with Crippen LogP contribution in [0.3, 0.4) is 0 Å². The normalized spacial score (nSPS) is 11.2. The quantitative estimate of drug-likeness (QED) is 0.0200. The number of nitrogen functional groups attached to an aromatic ring is 8. The number of sulfone groups is 1. The number of ether oxygens (including phenoxy) is 5. The number of pyridine rings is 8. The largest absolute Gasteiger partial charge is 0.475 e. The lowest BCUT2D eigenvalue weighted by Crippen LogP contribution is -2.21. The molecule has 0 spiro atoms. The van der Waals surface area contributed by atoms with Crippen LogP contribution in [0.1, 0.15) is 44.9 Å². The molecule has 123 heavy (non-hydrogen) atoms. The highest BCUT2D eigenvalue weighted by Crippen LogP contribution is 2.32. The van der Waals surface area contributed by atoms with Crippen molar-refractivity contribution in [2.24, 2.45) is 0 Å². The van der Waals surface area contributed by atoms with Gasteiger partial charge in [0, 0.05) is 100 Å². The number of imidazole rings is 1. The summed E-state index contributed by atoms with van der Waals surface area (Å²) in [6.45, 7) is 16.8. The van der Waals surface area contributed by atoms with Gasteiger partial charge in [0.05, 0.1) is 87.8 Å². The van der Waals surface area contributed by atoms with Gasteiger partial charge in [-0.25, -0.2) is 49.5 Å². The van der Waals surface area contributed by atoms with E-state index in [2.05, 4.69) is 80.8 Å². The molecule has 0 aliphatic carbocycles. The van der Waals surface area contributed by atoms with Crippen LogP contribution in [0.5, 0.6) is 29.4 Å². The standard InChI is InChI=1S/C13H15N5O.C13H21N5.C12H18N4O.C11H16N4O.C10H13N3O.C9H11N3O.C8H9N3O2S.C8H9N3S/c14-12-11-4-1-2-7-18(11)16-13(12)19-9-3-6-17-8-5-15-10-17;1-9-5-6-11-12(14)13(15-7-8-17(3)4)16-18(11)10(9)2;1-15(2)7-5-9-17-12-11(13)10-6-3-4-8-16(10)14-12;1-14(2)7-8-16-11-10(12)9-5-3-4-6-15(9)13-11;1-7(2)14-10-9(11)8-5-3-4-6-13(8)12-10;1-2-13-9-8(10)7-5-3-4-6-12(7)11-9;1-14(12,13)8-7(9)6-4-2-3-5-11(6)10-8;1-12-8-7(9)6-4-2-3-5-11(6)10-8/h1-2,4-5,7-8,10H,3,6,9,14H2;5-6H,7-8,14H2,1-4H3,(H,15,16);3-4,6,8H,5,7,9,13H2,1-2H3;3-6H,7-8,12H2,1-2H3;3-7H,11H2,1-2H3;3-6H,2,10H2,1H3;2-5H,9H2,1H3;2-5H,9H2,1H3. The Kier molecular flexibility index (Phi) is 32.2. The summed E-state index contributed by atoms with van der Waals surface area (Å²) in [7, 11) is 8.81. The third-order valence-electron chi connectivity index (χ3n) is 18.3. The van der Waals surface area contributed by atoms with Crippen LogP contribution in [-0.2, 0) is 16.4 Å². The Morgan fingerprint density at radius 1 is 0.431 bits per heavy atom. The fraction of sp³-hybridized carbons (Fsp3) is 0.298. The molecule has 0 radical (unpaired) electrons. The second-order valence-corrected chi connectivity index (χ2v) is 31.6. The maximum Gasteiger partial charge on any atom is 0.257 e. The summed E-state index contributed by atoms with van der Waals surface area (Å²) >= 11 is 1.56. The minimum Gasteiger partial charge on any atom is -0.475 e.